The number of amides is 2. The molecule has 1 fully saturated rings. The summed E-state index contributed by atoms with van der Waals surface area (Å²) in [6.07, 6.45) is 0. The highest BCUT2D eigenvalue weighted by Crippen LogP contribution is 2.27. The van der Waals surface area contributed by atoms with Crippen LogP contribution in [-0.4, -0.2) is 82.2 Å². The van der Waals surface area contributed by atoms with Crippen LogP contribution in [0.25, 0.3) is 0 Å². The lowest BCUT2D eigenvalue weighted by Gasteiger charge is -2.44. The highest BCUT2D eigenvalue weighted by Gasteiger charge is 2.58. The number of aliphatic hydroxyl groups is 2. The van der Waals surface area contributed by atoms with Crippen LogP contribution in [0, 0.1) is 0 Å². The lowest BCUT2D eigenvalue weighted by atomic mass is 10.1. The highest BCUT2D eigenvalue weighted by atomic mass is 32.1. The van der Waals surface area contributed by atoms with E-state index in [9.17, 15) is 9.59 Å². The summed E-state index contributed by atoms with van der Waals surface area (Å²) in [5.74, 6) is -3.63. The van der Waals surface area contributed by atoms with Gasteiger partial charge in [-0.25, -0.2) is 0 Å². The molecule has 0 aromatic carbocycles. The molecular weight excluding hydrogens is 300 g/mol. The van der Waals surface area contributed by atoms with Gasteiger partial charge in [0, 0.05) is 13.2 Å². The fourth-order valence-electron chi connectivity index (χ4n) is 2.06. The Morgan fingerprint density at radius 3 is 1.67 bits per heavy atom. The Morgan fingerprint density at radius 2 is 1.38 bits per heavy atom. The summed E-state index contributed by atoms with van der Waals surface area (Å²) >= 11 is 5.08. The standard InChI is InChI=1S/C12H20N2O6S/c1-3-19-12(20-4-2)9(17)13(5-7-15)11(21)14(6-8-16)10(12)18/h15-16H,3-8H2,1-2H3. The predicted molar refractivity (Wildman–Crippen MR) is 76.2 cm³/mol. The van der Waals surface area contributed by atoms with Gasteiger partial charge in [-0.05, 0) is 26.1 Å². The van der Waals surface area contributed by atoms with Crippen LogP contribution in [0.4, 0.5) is 0 Å². The molecule has 0 spiro atoms. The van der Waals surface area contributed by atoms with Gasteiger partial charge in [0.25, 0.3) is 11.8 Å². The van der Waals surface area contributed by atoms with Crippen molar-refractivity contribution in [3.8, 4) is 0 Å². The Kier molecular flexibility index (Phi) is 6.62. The van der Waals surface area contributed by atoms with E-state index in [1.807, 2.05) is 0 Å². The number of carbonyl (C=O) groups excluding carboxylic acids is 2. The van der Waals surface area contributed by atoms with E-state index in [0.29, 0.717) is 0 Å². The van der Waals surface area contributed by atoms with Gasteiger partial charge in [0.15, 0.2) is 5.11 Å². The molecule has 1 rings (SSSR count). The number of rotatable bonds is 8. The first-order valence-electron chi connectivity index (χ1n) is 6.67. The molecule has 1 saturated heterocycles. The summed E-state index contributed by atoms with van der Waals surface area (Å²) in [6, 6.07) is 0. The Hall–Kier alpha value is -1.13. The maximum Gasteiger partial charge on any atom is 0.332 e. The monoisotopic (exact) mass is 320 g/mol. The van der Waals surface area contributed by atoms with Crippen molar-refractivity contribution in [1.82, 2.24) is 9.80 Å². The van der Waals surface area contributed by atoms with Gasteiger partial charge in [0.05, 0.1) is 26.3 Å². The van der Waals surface area contributed by atoms with Crippen LogP contribution in [0.15, 0.2) is 0 Å². The molecular formula is C12H20N2O6S. The van der Waals surface area contributed by atoms with E-state index in [-0.39, 0.29) is 44.6 Å². The number of aliphatic hydroxyl groups excluding tert-OH is 2. The van der Waals surface area contributed by atoms with Gasteiger partial charge in [0.1, 0.15) is 0 Å². The number of β-amino-alcohol motifs (C(OH)–C–C–N with tert-alkyl or cyclic N) is 2. The fraction of sp³-hybridized carbons (Fsp3) is 0.750. The zero-order valence-electron chi connectivity index (χ0n) is 12.1. The summed E-state index contributed by atoms with van der Waals surface area (Å²) < 4.78 is 10.6. The fourth-order valence-corrected chi connectivity index (χ4v) is 2.40. The summed E-state index contributed by atoms with van der Waals surface area (Å²) in [7, 11) is 0. The van der Waals surface area contributed by atoms with Crippen LogP contribution in [0.3, 0.4) is 0 Å². The quantitative estimate of drug-likeness (QED) is 0.326. The molecule has 0 bridgehead atoms. The minimum Gasteiger partial charge on any atom is -0.395 e. The van der Waals surface area contributed by atoms with Gasteiger partial charge in [0.2, 0.25) is 0 Å². The SMILES string of the molecule is CCOC1(OCC)C(=O)N(CCO)C(=S)N(CCO)C1=O. The van der Waals surface area contributed by atoms with E-state index in [1.165, 1.54) is 0 Å². The second-order valence-electron chi connectivity index (χ2n) is 4.13. The molecule has 0 atom stereocenters. The Labute approximate surface area is 128 Å². The maximum absolute atomic E-state index is 12.6. The van der Waals surface area contributed by atoms with Crippen molar-refractivity contribution >= 4 is 29.1 Å². The van der Waals surface area contributed by atoms with Crippen molar-refractivity contribution in [3.63, 3.8) is 0 Å². The van der Waals surface area contributed by atoms with Crippen LogP contribution in [0.2, 0.25) is 0 Å². The van der Waals surface area contributed by atoms with Crippen molar-refractivity contribution in [2.24, 2.45) is 0 Å². The van der Waals surface area contributed by atoms with Crippen LogP contribution in [0.1, 0.15) is 13.8 Å². The molecule has 1 heterocycles. The van der Waals surface area contributed by atoms with Crippen molar-refractivity contribution in [2.45, 2.75) is 19.6 Å². The van der Waals surface area contributed by atoms with Crippen LogP contribution in [-0.2, 0) is 19.1 Å². The molecule has 2 N–H and O–H groups in total. The average molecular weight is 320 g/mol. The molecule has 0 aliphatic carbocycles. The Morgan fingerprint density at radius 1 is 1.00 bits per heavy atom. The summed E-state index contributed by atoms with van der Waals surface area (Å²) in [6.45, 7) is 2.56. The number of hydrogen-bond acceptors (Lipinski definition) is 7. The number of carbonyl (C=O) groups is 2. The molecule has 9 heteroatoms. The second kappa shape index (κ2) is 7.76. The van der Waals surface area contributed by atoms with Gasteiger partial charge in [-0.15, -0.1) is 0 Å². The molecule has 1 aliphatic rings. The van der Waals surface area contributed by atoms with Gasteiger partial charge >= 0.3 is 5.79 Å². The normalized spacial score (nSPS) is 18.6. The van der Waals surface area contributed by atoms with E-state index in [2.05, 4.69) is 0 Å². The zero-order chi connectivity index (χ0) is 16.0. The van der Waals surface area contributed by atoms with Gasteiger partial charge < -0.3 is 19.7 Å². The number of hydrogen-bond donors (Lipinski definition) is 2. The smallest absolute Gasteiger partial charge is 0.332 e. The lowest BCUT2D eigenvalue weighted by Crippen LogP contribution is -2.71. The molecule has 0 radical (unpaired) electrons. The third-order valence-electron chi connectivity index (χ3n) is 2.86. The first-order chi connectivity index (χ1) is 9.99. The molecule has 0 saturated carbocycles. The summed E-state index contributed by atoms with van der Waals surface area (Å²) in [4.78, 5) is 27.2. The Bertz CT molecular complexity index is 381. The number of nitrogens with zero attached hydrogens (tertiary/aromatic N) is 2. The predicted octanol–water partition coefficient (Wildman–Crippen LogP) is -1.30. The van der Waals surface area contributed by atoms with Gasteiger partial charge in [-0.1, -0.05) is 0 Å². The average Bonchev–Trinajstić information content (AvgIpc) is 2.46. The zero-order valence-corrected chi connectivity index (χ0v) is 12.9. The first-order valence-corrected chi connectivity index (χ1v) is 7.08. The molecule has 2 amide bonds. The highest BCUT2D eigenvalue weighted by molar-refractivity contribution is 7.80. The minimum atomic E-state index is -2.11. The molecule has 120 valence electrons. The largest absolute Gasteiger partial charge is 0.395 e. The van der Waals surface area contributed by atoms with Gasteiger partial charge in [-0.2, -0.15) is 0 Å². The van der Waals surface area contributed by atoms with E-state index in [0.717, 1.165) is 9.80 Å². The summed E-state index contributed by atoms with van der Waals surface area (Å²) in [5.41, 5.74) is 0. The molecule has 8 nitrogen and oxygen atoms in total. The van der Waals surface area contributed by atoms with Crippen molar-refractivity contribution in [2.75, 3.05) is 39.5 Å². The second-order valence-corrected chi connectivity index (χ2v) is 4.49. The third-order valence-corrected chi connectivity index (χ3v) is 3.30. The topological polar surface area (TPSA) is 99.5 Å². The first kappa shape index (κ1) is 17.9. The molecule has 0 aromatic rings. The van der Waals surface area contributed by atoms with Crippen molar-refractivity contribution in [1.29, 1.82) is 0 Å². The Balaban J connectivity index is 3.28. The number of thiocarbonyl (C=S) groups is 1. The van der Waals surface area contributed by atoms with E-state index in [1.54, 1.807) is 13.8 Å². The molecule has 1 aliphatic heterocycles. The molecule has 0 unspecified atom stereocenters. The van der Waals surface area contributed by atoms with E-state index in [4.69, 9.17) is 31.9 Å². The minimum absolute atomic E-state index is 0.0736. The van der Waals surface area contributed by atoms with E-state index >= 15 is 0 Å². The number of ether oxygens (including phenoxy) is 2. The van der Waals surface area contributed by atoms with E-state index < -0.39 is 17.6 Å². The maximum atomic E-state index is 12.6. The molecule has 21 heavy (non-hydrogen) atoms. The van der Waals surface area contributed by atoms with Crippen LogP contribution >= 0.6 is 12.2 Å². The molecule has 0 aromatic heterocycles. The lowest BCUT2D eigenvalue weighted by molar-refractivity contribution is -0.237. The van der Waals surface area contributed by atoms with Gasteiger partial charge in [-0.3, -0.25) is 19.4 Å². The van der Waals surface area contributed by atoms with Crippen LogP contribution < -0.4 is 0 Å². The van der Waals surface area contributed by atoms with Crippen LogP contribution in [0.5, 0.6) is 0 Å². The third kappa shape index (κ3) is 3.22. The van der Waals surface area contributed by atoms with Crippen molar-refractivity contribution < 1.29 is 29.3 Å². The van der Waals surface area contributed by atoms with Crippen molar-refractivity contribution in [3.05, 3.63) is 0 Å². The summed E-state index contributed by atoms with van der Waals surface area (Å²) in [5, 5.41) is 18.1.